The maximum absolute atomic E-state index is 12.7. The lowest BCUT2D eigenvalue weighted by Gasteiger charge is -2.08. The molecule has 0 aliphatic rings. The van der Waals surface area contributed by atoms with Gasteiger partial charge in [0.2, 0.25) is 5.91 Å². The predicted octanol–water partition coefficient (Wildman–Crippen LogP) is 2.87. The number of aryl methyl sites for hydroxylation is 1. The number of hydrogen-bond donors (Lipinski definition) is 1. The first kappa shape index (κ1) is 15.0. The van der Waals surface area contributed by atoms with E-state index in [-0.39, 0.29) is 11.7 Å². The number of nitrogens with one attached hydrogen (secondary N) is 1. The largest absolute Gasteiger partial charge is 0.492 e. The summed E-state index contributed by atoms with van der Waals surface area (Å²) in [5.41, 5.74) is 2.16. The Kier molecular flexibility index (Phi) is 5.32. The van der Waals surface area contributed by atoms with E-state index in [1.54, 1.807) is 12.1 Å². The Morgan fingerprint density at radius 2 is 1.76 bits per heavy atom. The molecular formula is C17H18FNO2. The normalized spacial score (nSPS) is 10.2. The van der Waals surface area contributed by atoms with Gasteiger partial charge in [-0.05, 0) is 36.8 Å². The summed E-state index contributed by atoms with van der Waals surface area (Å²) >= 11 is 0. The van der Waals surface area contributed by atoms with E-state index in [0.29, 0.717) is 25.3 Å². The second kappa shape index (κ2) is 7.43. The lowest BCUT2D eigenvalue weighted by atomic mass is 10.1. The van der Waals surface area contributed by atoms with Crippen LogP contribution in [0.3, 0.4) is 0 Å². The molecule has 0 spiro atoms. The summed E-state index contributed by atoms with van der Waals surface area (Å²) < 4.78 is 18.1. The summed E-state index contributed by atoms with van der Waals surface area (Å²) in [6, 6.07) is 13.7. The Balaban J connectivity index is 1.67. The second-order valence-corrected chi connectivity index (χ2v) is 4.81. The first-order valence-corrected chi connectivity index (χ1v) is 6.84. The lowest BCUT2D eigenvalue weighted by Crippen LogP contribution is -2.29. The van der Waals surface area contributed by atoms with E-state index in [9.17, 15) is 9.18 Å². The van der Waals surface area contributed by atoms with Gasteiger partial charge in [-0.1, -0.05) is 29.8 Å². The van der Waals surface area contributed by atoms with E-state index in [1.165, 1.54) is 17.7 Å². The minimum Gasteiger partial charge on any atom is -0.492 e. The van der Waals surface area contributed by atoms with Crippen molar-refractivity contribution in [2.75, 3.05) is 13.2 Å². The van der Waals surface area contributed by atoms with Crippen molar-refractivity contribution in [3.8, 4) is 5.75 Å². The molecule has 0 aliphatic heterocycles. The van der Waals surface area contributed by atoms with Gasteiger partial charge in [-0.25, -0.2) is 4.39 Å². The molecular weight excluding hydrogens is 269 g/mol. The zero-order valence-electron chi connectivity index (χ0n) is 11.9. The third kappa shape index (κ3) is 5.26. The molecule has 4 heteroatoms. The third-order valence-electron chi connectivity index (χ3n) is 2.99. The van der Waals surface area contributed by atoms with Crippen LogP contribution >= 0.6 is 0 Å². The summed E-state index contributed by atoms with van der Waals surface area (Å²) in [6.45, 7) is 2.78. The van der Waals surface area contributed by atoms with Crippen molar-refractivity contribution in [2.45, 2.75) is 13.3 Å². The maximum atomic E-state index is 12.7. The molecule has 0 bridgehead atoms. The average Bonchev–Trinajstić information content (AvgIpc) is 2.48. The van der Waals surface area contributed by atoms with Gasteiger partial charge < -0.3 is 10.1 Å². The molecule has 0 aromatic heterocycles. The lowest BCUT2D eigenvalue weighted by molar-refractivity contribution is -0.120. The number of halogens is 1. The molecule has 0 saturated heterocycles. The minimum absolute atomic E-state index is 0.0402. The molecule has 0 saturated carbocycles. The van der Waals surface area contributed by atoms with Crippen LogP contribution in [0.2, 0.25) is 0 Å². The molecule has 0 atom stereocenters. The van der Waals surface area contributed by atoms with Gasteiger partial charge in [-0.2, -0.15) is 0 Å². The summed E-state index contributed by atoms with van der Waals surface area (Å²) in [7, 11) is 0. The van der Waals surface area contributed by atoms with Crippen LogP contribution in [0.25, 0.3) is 0 Å². The van der Waals surface area contributed by atoms with Crippen LogP contribution in [0.4, 0.5) is 4.39 Å². The monoisotopic (exact) mass is 287 g/mol. The van der Waals surface area contributed by atoms with Gasteiger partial charge in [0.15, 0.2) is 0 Å². The van der Waals surface area contributed by atoms with Crippen LogP contribution < -0.4 is 10.1 Å². The Morgan fingerprint density at radius 3 is 2.43 bits per heavy atom. The van der Waals surface area contributed by atoms with Crippen molar-refractivity contribution in [3.63, 3.8) is 0 Å². The standard InChI is InChI=1S/C17H18FNO2/c1-13-2-4-14(5-3-13)12-17(20)19-10-11-21-16-8-6-15(18)7-9-16/h2-9H,10-12H2,1H3,(H,19,20). The quantitative estimate of drug-likeness (QED) is 0.830. The summed E-state index contributed by atoms with van der Waals surface area (Å²) in [5.74, 6) is 0.250. The van der Waals surface area contributed by atoms with E-state index < -0.39 is 0 Å². The van der Waals surface area contributed by atoms with Gasteiger partial charge in [-0.3, -0.25) is 4.79 Å². The first-order chi connectivity index (χ1) is 10.1. The molecule has 2 aromatic carbocycles. The molecule has 3 nitrogen and oxygen atoms in total. The van der Waals surface area contributed by atoms with Crippen LogP contribution in [0.5, 0.6) is 5.75 Å². The molecule has 0 unspecified atom stereocenters. The highest BCUT2D eigenvalue weighted by Gasteiger charge is 2.02. The van der Waals surface area contributed by atoms with Crippen molar-refractivity contribution >= 4 is 5.91 Å². The van der Waals surface area contributed by atoms with Crippen LogP contribution in [-0.2, 0) is 11.2 Å². The Labute approximate surface area is 123 Å². The highest BCUT2D eigenvalue weighted by molar-refractivity contribution is 5.78. The molecule has 1 N–H and O–H groups in total. The molecule has 2 rings (SSSR count). The van der Waals surface area contributed by atoms with Crippen LogP contribution in [0.15, 0.2) is 48.5 Å². The predicted molar refractivity (Wildman–Crippen MR) is 79.8 cm³/mol. The van der Waals surface area contributed by atoms with Gasteiger partial charge in [0, 0.05) is 0 Å². The van der Waals surface area contributed by atoms with E-state index >= 15 is 0 Å². The van der Waals surface area contributed by atoms with E-state index in [0.717, 1.165) is 5.56 Å². The Bertz CT molecular complexity index is 579. The number of carbonyl (C=O) groups excluding carboxylic acids is 1. The summed E-state index contributed by atoms with van der Waals surface area (Å²) in [6.07, 6.45) is 0.358. The summed E-state index contributed by atoms with van der Waals surface area (Å²) in [5, 5.41) is 2.79. The molecule has 1 amide bonds. The van der Waals surface area contributed by atoms with Crippen molar-refractivity contribution in [1.82, 2.24) is 5.32 Å². The Hall–Kier alpha value is -2.36. The highest BCUT2D eigenvalue weighted by Crippen LogP contribution is 2.10. The van der Waals surface area contributed by atoms with Gasteiger partial charge in [0.25, 0.3) is 0 Å². The molecule has 21 heavy (non-hydrogen) atoms. The van der Waals surface area contributed by atoms with Crippen molar-refractivity contribution in [3.05, 3.63) is 65.5 Å². The molecule has 2 aromatic rings. The van der Waals surface area contributed by atoms with Crippen molar-refractivity contribution in [2.24, 2.45) is 0 Å². The highest BCUT2D eigenvalue weighted by atomic mass is 19.1. The van der Waals surface area contributed by atoms with Crippen LogP contribution in [-0.4, -0.2) is 19.1 Å². The second-order valence-electron chi connectivity index (χ2n) is 4.81. The zero-order valence-corrected chi connectivity index (χ0v) is 11.9. The average molecular weight is 287 g/mol. The maximum Gasteiger partial charge on any atom is 0.224 e. The number of amides is 1. The molecule has 0 heterocycles. The topological polar surface area (TPSA) is 38.3 Å². The van der Waals surface area contributed by atoms with Crippen molar-refractivity contribution < 1.29 is 13.9 Å². The fourth-order valence-electron chi connectivity index (χ4n) is 1.84. The van der Waals surface area contributed by atoms with E-state index in [2.05, 4.69) is 5.32 Å². The van der Waals surface area contributed by atoms with E-state index in [1.807, 2.05) is 31.2 Å². The molecule has 110 valence electrons. The SMILES string of the molecule is Cc1ccc(CC(=O)NCCOc2ccc(F)cc2)cc1. The smallest absolute Gasteiger partial charge is 0.224 e. The van der Waals surface area contributed by atoms with Crippen LogP contribution in [0.1, 0.15) is 11.1 Å². The third-order valence-corrected chi connectivity index (χ3v) is 2.99. The van der Waals surface area contributed by atoms with Crippen LogP contribution in [0, 0.1) is 12.7 Å². The molecule has 0 fully saturated rings. The van der Waals surface area contributed by atoms with Gasteiger partial charge in [0.05, 0.1) is 13.0 Å². The zero-order chi connectivity index (χ0) is 15.1. The number of carbonyl (C=O) groups is 1. The number of hydrogen-bond acceptors (Lipinski definition) is 2. The fourth-order valence-corrected chi connectivity index (χ4v) is 1.84. The Morgan fingerprint density at radius 1 is 1.10 bits per heavy atom. The van der Waals surface area contributed by atoms with Gasteiger partial charge >= 0.3 is 0 Å². The van der Waals surface area contributed by atoms with E-state index in [4.69, 9.17) is 4.74 Å². The number of benzene rings is 2. The van der Waals surface area contributed by atoms with Crippen molar-refractivity contribution in [1.29, 1.82) is 0 Å². The molecule has 0 radical (unpaired) electrons. The fraction of sp³-hybridized carbons (Fsp3) is 0.235. The summed E-state index contributed by atoms with van der Waals surface area (Å²) in [4.78, 5) is 11.7. The van der Waals surface area contributed by atoms with Gasteiger partial charge in [-0.15, -0.1) is 0 Å². The first-order valence-electron chi connectivity index (χ1n) is 6.84. The van der Waals surface area contributed by atoms with Gasteiger partial charge in [0.1, 0.15) is 18.2 Å². The number of rotatable bonds is 6. The minimum atomic E-state index is -0.297. The number of ether oxygens (including phenoxy) is 1. The molecule has 0 aliphatic carbocycles.